The lowest BCUT2D eigenvalue weighted by Gasteiger charge is -2.36. The highest BCUT2D eigenvalue weighted by Crippen LogP contribution is 2.25. The SMILES string of the molecule is Fc1ccc(CNc2nc(N3CCN(c4ccccc4)CC3)nc3ccccc23)cc1. The van der Waals surface area contributed by atoms with Crippen molar-refractivity contribution in [2.75, 3.05) is 41.3 Å². The van der Waals surface area contributed by atoms with E-state index < -0.39 is 0 Å². The minimum atomic E-state index is -0.229. The zero-order valence-corrected chi connectivity index (χ0v) is 17.2. The maximum atomic E-state index is 13.2. The Hall–Kier alpha value is -3.67. The van der Waals surface area contributed by atoms with Crippen molar-refractivity contribution in [3.05, 3.63) is 90.2 Å². The van der Waals surface area contributed by atoms with Gasteiger partial charge in [0, 0.05) is 43.8 Å². The summed E-state index contributed by atoms with van der Waals surface area (Å²) in [6.45, 7) is 4.16. The number of aromatic nitrogens is 2. The Morgan fingerprint density at radius 1 is 0.742 bits per heavy atom. The molecular formula is C25H24FN5. The molecule has 1 aliphatic rings. The smallest absolute Gasteiger partial charge is 0.228 e. The van der Waals surface area contributed by atoms with Crippen LogP contribution < -0.4 is 15.1 Å². The van der Waals surface area contributed by atoms with E-state index in [4.69, 9.17) is 9.97 Å². The second-order valence-corrected chi connectivity index (χ2v) is 7.68. The number of nitrogens with zero attached hydrogens (tertiary/aromatic N) is 4. The maximum absolute atomic E-state index is 13.2. The molecule has 1 aliphatic heterocycles. The molecule has 1 fully saturated rings. The molecule has 0 aliphatic carbocycles. The molecule has 4 aromatic rings. The second-order valence-electron chi connectivity index (χ2n) is 7.68. The molecule has 0 amide bonds. The Bertz CT molecular complexity index is 1160. The van der Waals surface area contributed by atoms with Crippen molar-refractivity contribution in [3.8, 4) is 0 Å². The van der Waals surface area contributed by atoms with Gasteiger partial charge in [-0.05, 0) is 42.0 Å². The minimum Gasteiger partial charge on any atom is -0.368 e. The molecule has 0 unspecified atom stereocenters. The Balaban J connectivity index is 1.36. The topological polar surface area (TPSA) is 44.3 Å². The molecule has 1 aromatic heterocycles. The molecule has 5 rings (SSSR count). The fourth-order valence-corrected chi connectivity index (χ4v) is 3.93. The molecule has 0 atom stereocenters. The van der Waals surface area contributed by atoms with Crippen molar-refractivity contribution in [2.45, 2.75) is 6.54 Å². The summed E-state index contributed by atoms with van der Waals surface area (Å²) in [7, 11) is 0. The van der Waals surface area contributed by atoms with Crippen LogP contribution in [-0.4, -0.2) is 36.1 Å². The molecular weight excluding hydrogens is 389 g/mol. The standard InChI is InChI=1S/C25H24FN5/c26-20-12-10-19(11-13-20)18-27-24-22-8-4-5-9-23(22)28-25(29-24)31-16-14-30(15-17-31)21-6-2-1-3-7-21/h1-13H,14-18H2,(H,27,28,29). The summed E-state index contributed by atoms with van der Waals surface area (Å²) in [5.41, 5.74) is 3.17. The van der Waals surface area contributed by atoms with Gasteiger partial charge in [0.15, 0.2) is 0 Å². The predicted molar refractivity (Wildman–Crippen MR) is 124 cm³/mol. The van der Waals surface area contributed by atoms with Crippen LogP contribution in [0.4, 0.5) is 21.8 Å². The van der Waals surface area contributed by atoms with Crippen LogP contribution >= 0.6 is 0 Å². The van der Waals surface area contributed by atoms with Crippen LogP contribution in [0, 0.1) is 5.82 Å². The van der Waals surface area contributed by atoms with E-state index in [0.717, 1.165) is 54.4 Å². The van der Waals surface area contributed by atoms with Crippen molar-refractivity contribution < 1.29 is 4.39 Å². The van der Waals surface area contributed by atoms with E-state index in [0.29, 0.717) is 6.54 Å². The summed E-state index contributed by atoms with van der Waals surface area (Å²) in [4.78, 5) is 14.3. The molecule has 0 spiro atoms. The van der Waals surface area contributed by atoms with E-state index in [1.165, 1.54) is 17.8 Å². The lowest BCUT2D eigenvalue weighted by molar-refractivity contribution is 0.627. The van der Waals surface area contributed by atoms with Gasteiger partial charge in [0.05, 0.1) is 5.52 Å². The molecule has 31 heavy (non-hydrogen) atoms. The average Bonchev–Trinajstić information content (AvgIpc) is 2.84. The van der Waals surface area contributed by atoms with Crippen molar-refractivity contribution in [3.63, 3.8) is 0 Å². The number of hydrogen-bond acceptors (Lipinski definition) is 5. The van der Waals surface area contributed by atoms with E-state index >= 15 is 0 Å². The third-order valence-electron chi connectivity index (χ3n) is 5.65. The largest absolute Gasteiger partial charge is 0.368 e. The van der Waals surface area contributed by atoms with Gasteiger partial charge in [0.2, 0.25) is 5.95 Å². The van der Waals surface area contributed by atoms with Crippen molar-refractivity contribution in [1.29, 1.82) is 0 Å². The molecule has 1 N–H and O–H groups in total. The monoisotopic (exact) mass is 413 g/mol. The van der Waals surface area contributed by atoms with Crippen LogP contribution in [0.15, 0.2) is 78.9 Å². The fraction of sp³-hybridized carbons (Fsp3) is 0.200. The van der Waals surface area contributed by atoms with Gasteiger partial charge in [-0.15, -0.1) is 0 Å². The zero-order valence-electron chi connectivity index (χ0n) is 17.2. The molecule has 156 valence electrons. The predicted octanol–water partition coefficient (Wildman–Crippen LogP) is 4.71. The van der Waals surface area contributed by atoms with Crippen LogP contribution in [-0.2, 0) is 6.54 Å². The zero-order chi connectivity index (χ0) is 21.0. The molecule has 0 bridgehead atoms. The first-order chi connectivity index (χ1) is 15.3. The number of piperazine rings is 1. The van der Waals surface area contributed by atoms with E-state index in [2.05, 4.69) is 39.4 Å². The summed E-state index contributed by atoms with van der Waals surface area (Å²) in [6, 6.07) is 25.1. The fourth-order valence-electron chi connectivity index (χ4n) is 3.93. The third-order valence-corrected chi connectivity index (χ3v) is 5.65. The molecule has 5 nitrogen and oxygen atoms in total. The second kappa shape index (κ2) is 8.60. The number of para-hydroxylation sites is 2. The Kier molecular flexibility index (Phi) is 5.35. The number of fused-ring (bicyclic) bond motifs is 1. The summed E-state index contributed by atoms with van der Waals surface area (Å²) in [5, 5.41) is 4.41. The van der Waals surface area contributed by atoms with Gasteiger partial charge in [0.25, 0.3) is 0 Å². The van der Waals surface area contributed by atoms with Gasteiger partial charge >= 0.3 is 0 Å². The summed E-state index contributed by atoms with van der Waals surface area (Å²) < 4.78 is 13.2. The number of halogens is 1. The van der Waals surface area contributed by atoms with Crippen LogP contribution in [0.25, 0.3) is 10.9 Å². The molecule has 2 heterocycles. The van der Waals surface area contributed by atoms with Gasteiger partial charge in [-0.1, -0.05) is 42.5 Å². The van der Waals surface area contributed by atoms with Gasteiger partial charge in [-0.3, -0.25) is 0 Å². The summed E-state index contributed by atoms with van der Waals surface area (Å²) in [5.74, 6) is 1.32. The molecule has 1 saturated heterocycles. The highest BCUT2D eigenvalue weighted by molar-refractivity contribution is 5.90. The van der Waals surface area contributed by atoms with Crippen LogP contribution in [0.2, 0.25) is 0 Å². The Morgan fingerprint density at radius 3 is 2.19 bits per heavy atom. The number of rotatable bonds is 5. The molecule has 3 aromatic carbocycles. The van der Waals surface area contributed by atoms with Crippen LogP contribution in [0.3, 0.4) is 0 Å². The van der Waals surface area contributed by atoms with Gasteiger partial charge in [-0.25, -0.2) is 9.37 Å². The van der Waals surface area contributed by atoms with E-state index in [-0.39, 0.29) is 5.82 Å². The van der Waals surface area contributed by atoms with Gasteiger partial charge in [0.1, 0.15) is 11.6 Å². The Morgan fingerprint density at radius 2 is 1.42 bits per heavy atom. The van der Waals surface area contributed by atoms with E-state index in [1.54, 1.807) is 12.1 Å². The van der Waals surface area contributed by atoms with Crippen molar-refractivity contribution in [1.82, 2.24) is 9.97 Å². The molecule has 0 radical (unpaired) electrons. The molecule has 6 heteroatoms. The number of benzene rings is 3. The third kappa shape index (κ3) is 4.28. The number of nitrogens with one attached hydrogen (secondary N) is 1. The van der Waals surface area contributed by atoms with Crippen molar-refractivity contribution >= 4 is 28.4 Å². The summed E-state index contributed by atoms with van der Waals surface area (Å²) >= 11 is 0. The highest BCUT2D eigenvalue weighted by atomic mass is 19.1. The summed E-state index contributed by atoms with van der Waals surface area (Å²) in [6.07, 6.45) is 0. The Labute approximate surface area is 181 Å². The maximum Gasteiger partial charge on any atom is 0.228 e. The average molecular weight is 414 g/mol. The van der Waals surface area contributed by atoms with Crippen LogP contribution in [0.5, 0.6) is 0 Å². The van der Waals surface area contributed by atoms with Gasteiger partial charge < -0.3 is 15.1 Å². The van der Waals surface area contributed by atoms with E-state index in [1.807, 2.05) is 30.3 Å². The first-order valence-electron chi connectivity index (χ1n) is 10.6. The minimum absolute atomic E-state index is 0.229. The number of hydrogen-bond donors (Lipinski definition) is 1. The van der Waals surface area contributed by atoms with Crippen molar-refractivity contribution in [2.24, 2.45) is 0 Å². The first-order valence-corrected chi connectivity index (χ1v) is 10.6. The number of anilines is 3. The lowest BCUT2D eigenvalue weighted by atomic mass is 10.2. The van der Waals surface area contributed by atoms with Gasteiger partial charge in [-0.2, -0.15) is 4.98 Å². The highest BCUT2D eigenvalue weighted by Gasteiger charge is 2.20. The molecule has 0 saturated carbocycles. The van der Waals surface area contributed by atoms with E-state index in [9.17, 15) is 4.39 Å². The lowest BCUT2D eigenvalue weighted by Crippen LogP contribution is -2.47. The first kappa shape index (κ1) is 19.3. The normalized spacial score (nSPS) is 14.1. The quantitative estimate of drug-likeness (QED) is 0.513. The van der Waals surface area contributed by atoms with Crippen LogP contribution in [0.1, 0.15) is 5.56 Å².